The third-order valence-corrected chi connectivity index (χ3v) is 2.32. The summed E-state index contributed by atoms with van der Waals surface area (Å²) < 4.78 is 24.0. The third-order valence-electron chi connectivity index (χ3n) is 2.15. The molecule has 0 N–H and O–H groups in total. The Bertz CT molecular complexity index is 597. The van der Waals surface area contributed by atoms with Crippen molar-refractivity contribution in [3.8, 4) is 23.3 Å². The Morgan fingerprint density at radius 2 is 2.11 bits per heavy atom. The van der Waals surface area contributed by atoms with E-state index in [4.69, 9.17) is 21.1 Å². The van der Waals surface area contributed by atoms with Crippen molar-refractivity contribution in [2.24, 2.45) is 0 Å². The zero-order chi connectivity index (χ0) is 13.8. The summed E-state index contributed by atoms with van der Waals surface area (Å²) in [4.78, 5) is 15.3. The summed E-state index contributed by atoms with van der Waals surface area (Å²) in [5, 5.41) is -0.0800. The number of nitrogens with zero attached hydrogens (tertiary/aromatic N) is 4. The van der Waals surface area contributed by atoms with Crippen LogP contribution in [0.4, 0.5) is 4.39 Å². The van der Waals surface area contributed by atoms with Crippen LogP contribution in [-0.4, -0.2) is 33.7 Å². The molecular formula is C11H10ClFN4O2. The van der Waals surface area contributed by atoms with Crippen LogP contribution in [0.3, 0.4) is 0 Å². The van der Waals surface area contributed by atoms with E-state index in [9.17, 15) is 4.39 Å². The molecule has 0 aliphatic carbocycles. The van der Waals surface area contributed by atoms with Crippen molar-refractivity contribution in [2.45, 2.75) is 6.92 Å². The van der Waals surface area contributed by atoms with E-state index < -0.39 is 5.82 Å². The maximum absolute atomic E-state index is 14.0. The molecule has 0 aromatic carbocycles. The fourth-order valence-corrected chi connectivity index (χ4v) is 1.54. The summed E-state index contributed by atoms with van der Waals surface area (Å²) in [6, 6.07) is 1.45. The molecule has 2 heterocycles. The van der Waals surface area contributed by atoms with Crippen molar-refractivity contribution in [3.63, 3.8) is 0 Å². The number of pyridine rings is 1. The van der Waals surface area contributed by atoms with E-state index in [1.54, 1.807) is 6.92 Å². The third kappa shape index (κ3) is 2.87. The van der Waals surface area contributed by atoms with Crippen LogP contribution < -0.4 is 9.47 Å². The van der Waals surface area contributed by atoms with Crippen LogP contribution in [0.5, 0.6) is 11.9 Å². The van der Waals surface area contributed by atoms with Crippen LogP contribution in [0.15, 0.2) is 12.3 Å². The highest BCUT2D eigenvalue weighted by atomic mass is 35.5. The van der Waals surface area contributed by atoms with Gasteiger partial charge in [-0.15, -0.1) is 0 Å². The van der Waals surface area contributed by atoms with Gasteiger partial charge < -0.3 is 9.47 Å². The summed E-state index contributed by atoms with van der Waals surface area (Å²) in [6.45, 7) is 2.13. The van der Waals surface area contributed by atoms with Crippen LogP contribution in [-0.2, 0) is 0 Å². The average molecular weight is 285 g/mol. The first-order valence-corrected chi connectivity index (χ1v) is 5.76. The zero-order valence-electron chi connectivity index (χ0n) is 10.2. The van der Waals surface area contributed by atoms with Crippen LogP contribution in [0, 0.1) is 5.82 Å². The molecule has 0 spiro atoms. The van der Waals surface area contributed by atoms with Crippen LogP contribution in [0.25, 0.3) is 11.4 Å². The summed E-state index contributed by atoms with van der Waals surface area (Å²) in [5.41, 5.74) is 0.108. The van der Waals surface area contributed by atoms with Gasteiger partial charge in [-0.3, -0.25) is 0 Å². The van der Waals surface area contributed by atoms with E-state index in [-0.39, 0.29) is 28.6 Å². The van der Waals surface area contributed by atoms with Crippen LogP contribution >= 0.6 is 11.6 Å². The van der Waals surface area contributed by atoms with Gasteiger partial charge in [-0.1, -0.05) is 0 Å². The van der Waals surface area contributed by atoms with Crippen molar-refractivity contribution in [3.05, 3.63) is 23.4 Å². The monoisotopic (exact) mass is 284 g/mol. The molecule has 0 aliphatic heterocycles. The van der Waals surface area contributed by atoms with Crippen molar-refractivity contribution < 1.29 is 13.9 Å². The Kier molecular flexibility index (Phi) is 4.06. The first-order valence-electron chi connectivity index (χ1n) is 5.39. The van der Waals surface area contributed by atoms with E-state index >= 15 is 0 Å². The number of hydrogen-bond donors (Lipinski definition) is 0. The lowest BCUT2D eigenvalue weighted by molar-refractivity contribution is 0.311. The van der Waals surface area contributed by atoms with Gasteiger partial charge in [0.15, 0.2) is 11.6 Å². The standard InChI is InChI=1S/C11H10ClFN4O2/c1-3-19-11-16-8(15-10(12)17-11)6-4-5-14-9(18-2)7(6)13/h4-5H,3H2,1-2H3. The normalized spacial score (nSPS) is 10.3. The van der Waals surface area contributed by atoms with Gasteiger partial charge in [-0.25, -0.2) is 9.37 Å². The van der Waals surface area contributed by atoms with Gasteiger partial charge in [0.25, 0.3) is 5.88 Å². The lowest BCUT2D eigenvalue weighted by Gasteiger charge is -2.07. The maximum Gasteiger partial charge on any atom is 0.321 e. The Balaban J connectivity index is 2.52. The lowest BCUT2D eigenvalue weighted by atomic mass is 10.2. The highest BCUT2D eigenvalue weighted by Crippen LogP contribution is 2.26. The van der Waals surface area contributed by atoms with Crippen LogP contribution in [0.1, 0.15) is 6.92 Å². The number of hydrogen-bond acceptors (Lipinski definition) is 6. The highest BCUT2D eigenvalue weighted by Gasteiger charge is 2.16. The van der Waals surface area contributed by atoms with Gasteiger partial charge in [0.05, 0.1) is 19.3 Å². The smallest absolute Gasteiger partial charge is 0.321 e. The molecule has 0 saturated carbocycles. The molecule has 2 rings (SSSR count). The number of rotatable bonds is 4. The minimum absolute atomic E-state index is 0.0349. The SMILES string of the molecule is CCOc1nc(Cl)nc(-c2ccnc(OC)c2F)n1. The molecule has 0 aliphatic rings. The molecule has 6 nitrogen and oxygen atoms in total. The van der Waals surface area contributed by atoms with Crippen LogP contribution in [0.2, 0.25) is 5.28 Å². The maximum atomic E-state index is 14.0. The van der Waals surface area contributed by atoms with Crippen molar-refractivity contribution >= 4 is 11.6 Å². The summed E-state index contributed by atoms with van der Waals surface area (Å²) >= 11 is 5.75. The van der Waals surface area contributed by atoms with E-state index in [2.05, 4.69) is 19.9 Å². The first-order chi connectivity index (χ1) is 9.15. The number of methoxy groups -OCH3 is 1. The molecule has 0 unspecified atom stereocenters. The van der Waals surface area contributed by atoms with Crippen molar-refractivity contribution in [2.75, 3.05) is 13.7 Å². The number of ether oxygens (including phenoxy) is 2. The molecule has 0 radical (unpaired) electrons. The Hall–Kier alpha value is -2.02. The molecule has 19 heavy (non-hydrogen) atoms. The predicted octanol–water partition coefficient (Wildman–Crippen LogP) is 2.13. The molecule has 8 heteroatoms. The van der Waals surface area contributed by atoms with E-state index in [0.717, 1.165) is 0 Å². The second-order valence-corrected chi connectivity index (χ2v) is 3.66. The second-order valence-electron chi connectivity index (χ2n) is 3.33. The quantitative estimate of drug-likeness (QED) is 0.856. The number of halogens is 2. The average Bonchev–Trinajstić information content (AvgIpc) is 2.38. The van der Waals surface area contributed by atoms with E-state index in [1.165, 1.54) is 19.4 Å². The lowest BCUT2D eigenvalue weighted by Crippen LogP contribution is -2.03. The Morgan fingerprint density at radius 3 is 2.79 bits per heavy atom. The first kappa shape index (κ1) is 13.4. The topological polar surface area (TPSA) is 70.0 Å². The molecule has 0 saturated heterocycles. The largest absolute Gasteiger partial charge is 0.479 e. The second kappa shape index (κ2) is 5.75. The van der Waals surface area contributed by atoms with Gasteiger partial charge in [-0.05, 0) is 24.6 Å². The van der Waals surface area contributed by atoms with Gasteiger partial charge >= 0.3 is 6.01 Å². The highest BCUT2D eigenvalue weighted by molar-refractivity contribution is 6.28. The van der Waals surface area contributed by atoms with E-state index in [1.807, 2.05) is 0 Å². The minimum atomic E-state index is -0.672. The molecule has 0 amide bonds. The van der Waals surface area contributed by atoms with Crippen molar-refractivity contribution in [1.82, 2.24) is 19.9 Å². The summed E-state index contributed by atoms with van der Waals surface area (Å²) in [7, 11) is 1.32. The van der Waals surface area contributed by atoms with Gasteiger partial charge in [-0.2, -0.15) is 15.0 Å². The fraction of sp³-hybridized carbons (Fsp3) is 0.273. The molecule has 100 valence electrons. The van der Waals surface area contributed by atoms with Gasteiger partial charge in [0, 0.05) is 6.20 Å². The summed E-state index contributed by atoms with van der Waals surface area (Å²) in [5.74, 6) is -0.761. The predicted molar refractivity (Wildman–Crippen MR) is 65.7 cm³/mol. The summed E-state index contributed by atoms with van der Waals surface area (Å²) in [6.07, 6.45) is 1.38. The molecule has 2 aromatic rings. The fourth-order valence-electron chi connectivity index (χ4n) is 1.39. The van der Waals surface area contributed by atoms with Gasteiger partial charge in [0.1, 0.15) is 0 Å². The molecule has 0 atom stereocenters. The van der Waals surface area contributed by atoms with E-state index in [0.29, 0.717) is 6.61 Å². The zero-order valence-corrected chi connectivity index (χ0v) is 11.0. The molecule has 2 aromatic heterocycles. The molecular weight excluding hydrogens is 275 g/mol. The Labute approximate surface area is 113 Å². The van der Waals surface area contributed by atoms with Gasteiger partial charge in [0.2, 0.25) is 5.28 Å². The number of aromatic nitrogens is 4. The molecule has 0 bridgehead atoms. The Morgan fingerprint density at radius 1 is 1.32 bits per heavy atom. The minimum Gasteiger partial charge on any atom is -0.479 e. The van der Waals surface area contributed by atoms with Crippen molar-refractivity contribution in [1.29, 1.82) is 0 Å². The molecule has 0 fully saturated rings.